The van der Waals surface area contributed by atoms with Crippen LogP contribution in [0.3, 0.4) is 0 Å². The molecule has 1 fully saturated rings. The molecule has 0 bridgehead atoms. The van der Waals surface area contributed by atoms with E-state index < -0.39 is 17.5 Å². The van der Waals surface area contributed by atoms with Crippen LogP contribution in [0.4, 0.5) is 5.69 Å². The van der Waals surface area contributed by atoms with Crippen LogP contribution in [0.25, 0.3) is 10.9 Å². The summed E-state index contributed by atoms with van der Waals surface area (Å²) in [7, 11) is 0. The van der Waals surface area contributed by atoms with Gasteiger partial charge in [-0.3, -0.25) is 24.5 Å². The highest BCUT2D eigenvalue weighted by molar-refractivity contribution is 6.01. The summed E-state index contributed by atoms with van der Waals surface area (Å²) in [5.74, 6) is -1.30. The normalized spacial score (nSPS) is 17.7. The maximum Gasteiger partial charge on any atom is 0.280 e. The van der Waals surface area contributed by atoms with Gasteiger partial charge in [0.05, 0.1) is 11.1 Å². The first-order valence-electron chi connectivity index (χ1n) is 7.38. The average molecular weight is 329 g/mol. The Bertz CT molecular complexity index is 933. The monoisotopic (exact) mass is 329 g/mol. The zero-order valence-electron chi connectivity index (χ0n) is 13.1. The predicted molar refractivity (Wildman–Crippen MR) is 84.3 cm³/mol. The lowest BCUT2D eigenvalue weighted by Crippen LogP contribution is -2.45. The number of carbonyl (C=O) groups excluding carboxylic acids is 3. The molecule has 24 heavy (non-hydrogen) atoms. The number of fused-ring (bicyclic) bond motifs is 1. The third-order valence-corrected chi connectivity index (χ3v) is 3.86. The van der Waals surface area contributed by atoms with Crippen molar-refractivity contribution in [1.82, 2.24) is 20.3 Å². The van der Waals surface area contributed by atoms with E-state index >= 15 is 0 Å². The van der Waals surface area contributed by atoms with Crippen LogP contribution in [0.5, 0.6) is 0 Å². The van der Waals surface area contributed by atoms with Gasteiger partial charge in [-0.05, 0) is 25.0 Å². The van der Waals surface area contributed by atoms with Gasteiger partial charge in [0.1, 0.15) is 11.6 Å². The van der Waals surface area contributed by atoms with E-state index in [4.69, 9.17) is 0 Å². The van der Waals surface area contributed by atoms with Crippen LogP contribution in [-0.4, -0.2) is 32.7 Å². The van der Waals surface area contributed by atoms with Crippen molar-refractivity contribution in [3.63, 3.8) is 0 Å². The van der Waals surface area contributed by atoms with Gasteiger partial charge in [-0.2, -0.15) is 4.68 Å². The van der Waals surface area contributed by atoms with Gasteiger partial charge in [0, 0.05) is 13.3 Å². The Kier molecular flexibility index (Phi) is 3.84. The Labute approximate surface area is 136 Å². The summed E-state index contributed by atoms with van der Waals surface area (Å²) in [6.07, 6.45) is 0.293. The Morgan fingerprint density at radius 2 is 2.08 bits per heavy atom. The van der Waals surface area contributed by atoms with E-state index in [0.717, 1.165) is 10.2 Å². The van der Waals surface area contributed by atoms with Gasteiger partial charge in [0.2, 0.25) is 11.8 Å². The average Bonchev–Trinajstić information content (AvgIpc) is 2.51. The van der Waals surface area contributed by atoms with Crippen molar-refractivity contribution in [2.24, 2.45) is 0 Å². The highest BCUT2D eigenvalue weighted by atomic mass is 16.2. The predicted octanol–water partition coefficient (Wildman–Crippen LogP) is 0.0360. The molecule has 1 aromatic heterocycles. The molecule has 1 saturated heterocycles. The number of hydrogen-bond acceptors (Lipinski definition) is 6. The third-order valence-electron chi connectivity index (χ3n) is 3.86. The number of rotatable bonds is 2. The van der Waals surface area contributed by atoms with E-state index in [9.17, 15) is 19.2 Å². The number of aryl methyl sites for hydroxylation is 1. The van der Waals surface area contributed by atoms with Crippen LogP contribution < -0.4 is 16.2 Å². The maximum atomic E-state index is 12.9. The number of benzene rings is 1. The van der Waals surface area contributed by atoms with Gasteiger partial charge < -0.3 is 5.32 Å². The minimum absolute atomic E-state index is 0.120. The van der Waals surface area contributed by atoms with Crippen LogP contribution in [-0.2, 0) is 14.4 Å². The topological polar surface area (TPSA) is 123 Å². The molecule has 2 heterocycles. The molecule has 3 amide bonds. The first kappa shape index (κ1) is 15.8. The van der Waals surface area contributed by atoms with Gasteiger partial charge in [-0.25, -0.2) is 0 Å². The molecular weight excluding hydrogens is 314 g/mol. The molecule has 1 atom stereocenters. The molecule has 0 aliphatic carbocycles. The molecule has 3 rings (SSSR count). The summed E-state index contributed by atoms with van der Waals surface area (Å²) in [5.41, 5.74) is 0.847. The summed E-state index contributed by atoms with van der Waals surface area (Å²) in [5, 5.41) is 12.9. The largest absolute Gasteiger partial charge is 0.326 e. The fourth-order valence-electron chi connectivity index (χ4n) is 2.70. The smallest absolute Gasteiger partial charge is 0.280 e. The quantitative estimate of drug-likeness (QED) is 0.750. The highest BCUT2D eigenvalue weighted by Crippen LogP contribution is 2.23. The highest BCUT2D eigenvalue weighted by Gasteiger charge is 2.30. The van der Waals surface area contributed by atoms with Gasteiger partial charge in [-0.1, -0.05) is 11.3 Å². The minimum Gasteiger partial charge on any atom is -0.326 e. The Balaban J connectivity index is 2.20. The van der Waals surface area contributed by atoms with Crippen LogP contribution in [0, 0.1) is 6.92 Å². The summed E-state index contributed by atoms with van der Waals surface area (Å²) >= 11 is 0. The maximum absolute atomic E-state index is 12.9. The van der Waals surface area contributed by atoms with Gasteiger partial charge in [0.25, 0.3) is 11.5 Å². The number of aromatic nitrogens is 3. The van der Waals surface area contributed by atoms with E-state index in [0.29, 0.717) is 11.2 Å². The number of hydrogen-bond donors (Lipinski definition) is 2. The fraction of sp³-hybridized carbons (Fsp3) is 0.333. The van der Waals surface area contributed by atoms with E-state index in [1.165, 1.54) is 6.92 Å². The lowest BCUT2D eigenvalue weighted by atomic mass is 10.1. The van der Waals surface area contributed by atoms with Gasteiger partial charge in [-0.15, -0.1) is 5.10 Å². The van der Waals surface area contributed by atoms with Crippen molar-refractivity contribution in [2.45, 2.75) is 32.7 Å². The fourth-order valence-corrected chi connectivity index (χ4v) is 2.70. The first-order valence-corrected chi connectivity index (χ1v) is 7.38. The molecule has 1 aliphatic heterocycles. The Hall–Kier alpha value is -3.10. The molecule has 1 unspecified atom stereocenters. The van der Waals surface area contributed by atoms with Crippen molar-refractivity contribution in [3.05, 3.63) is 28.0 Å². The number of carbonyl (C=O) groups is 3. The zero-order valence-corrected chi connectivity index (χ0v) is 13.1. The number of anilines is 1. The molecule has 2 aromatic rings. The molecule has 124 valence electrons. The molecule has 2 N–H and O–H groups in total. The van der Waals surface area contributed by atoms with Crippen LogP contribution in [0.15, 0.2) is 16.9 Å². The zero-order chi connectivity index (χ0) is 17.4. The molecular formula is C15H15N5O4. The molecule has 9 heteroatoms. The van der Waals surface area contributed by atoms with Crippen LogP contribution in [0.1, 0.15) is 31.4 Å². The lowest BCUT2D eigenvalue weighted by Gasteiger charge is -2.21. The van der Waals surface area contributed by atoms with E-state index in [-0.39, 0.29) is 30.0 Å². The van der Waals surface area contributed by atoms with Crippen LogP contribution >= 0.6 is 0 Å². The molecule has 1 aliphatic rings. The molecule has 0 radical (unpaired) electrons. The van der Waals surface area contributed by atoms with Crippen molar-refractivity contribution in [1.29, 1.82) is 0 Å². The standard InChI is InChI=1S/C15H15N5O4/c1-7-3-4-9(16-8(2)21)12-13(7)18-19-20(15(12)24)10-5-6-11(22)17-14(10)23/h3-4,10H,5-6H2,1-2H3,(H,16,21)(H,17,22,23). The number of imide groups is 1. The number of piperidine rings is 1. The minimum atomic E-state index is -0.905. The second-order valence-electron chi connectivity index (χ2n) is 5.64. The SMILES string of the molecule is CC(=O)Nc1ccc(C)c2nnn(C3CCC(=O)NC3=O)c(=O)c12. The van der Waals surface area contributed by atoms with E-state index in [1.807, 2.05) is 0 Å². The number of nitrogens with one attached hydrogen (secondary N) is 2. The van der Waals surface area contributed by atoms with E-state index in [1.54, 1.807) is 19.1 Å². The molecule has 1 aromatic carbocycles. The van der Waals surface area contributed by atoms with Crippen molar-refractivity contribution < 1.29 is 14.4 Å². The van der Waals surface area contributed by atoms with Crippen molar-refractivity contribution in [3.8, 4) is 0 Å². The first-order chi connectivity index (χ1) is 11.4. The lowest BCUT2D eigenvalue weighted by molar-refractivity contribution is -0.136. The van der Waals surface area contributed by atoms with Gasteiger partial charge >= 0.3 is 0 Å². The molecule has 0 spiro atoms. The second-order valence-corrected chi connectivity index (χ2v) is 5.64. The summed E-state index contributed by atoms with van der Waals surface area (Å²) in [4.78, 5) is 47.5. The summed E-state index contributed by atoms with van der Waals surface area (Å²) in [6, 6.07) is 2.42. The number of amides is 3. The van der Waals surface area contributed by atoms with E-state index in [2.05, 4.69) is 20.9 Å². The summed E-state index contributed by atoms with van der Waals surface area (Å²) in [6.45, 7) is 3.10. The Morgan fingerprint density at radius 1 is 1.33 bits per heavy atom. The summed E-state index contributed by atoms with van der Waals surface area (Å²) < 4.78 is 0.967. The third kappa shape index (κ3) is 2.64. The number of nitrogens with zero attached hydrogens (tertiary/aromatic N) is 3. The Morgan fingerprint density at radius 3 is 2.75 bits per heavy atom. The molecule has 9 nitrogen and oxygen atoms in total. The van der Waals surface area contributed by atoms with Gasteiger partial charge in [0.15, 0.2) is 0 Å². The van der Waals surface area contributed by atoms with Crippen LogP contribution in [0.2, 0.25) is 0 Å². The second kappa shape index (κ2) is 5.84. The van der Waals surface area contributed by atoms with Crippen molar-refractivity contribution >= 4 is 34.3 Å². The van der Waals surface area contributed by atoms with Crippen molar-refractivity contribution in [2.75, 3.05) is 5.32 Å². The molecule has 0 saturated carbocycles.